The third-order valence-corrected chi connectivity index (χ3v) is 6.28. The highest BCUT2D eigenvalue weighted by atomic mass is 16.5. The lowest BCUT2D eigenvalue weighted by atomic mass is 9.82. The topological polar surface area (TPSA) is 156 Å². The molecule has 0 saturated carbocycles. The van der Waals surface area contributed by atoms with Gasteiger partial charge in [0.15, 0.2) is 11.6 Å². The zero-order valence-electron chi connectivity index (χ0n) is 21.7. The Balaban J connectivity index is 0.000000283. The summed E-state index contributed by atoms with van der Waals surface area (Å²) in [6.07, 6.45) is 0. The van der Waals surface area contributed by atoms with Crippen molar-refractivity contribution in [3.05, 3.63) is 118 Å². The monoisotopic (exact) mass is 538 g/mol. The Morgan fingerprint density at radius 2 is 1.48 bits per heavy atom. The van der Waals surface area contributed by atoms with E-state index in [1.54, 1.807) is 54.6 Å². The number of carboxylic acid groups (broad SMARTS) is 2. The van der Waals surface area contributed by atoms with E-state index in [0.29, 0.717) is 29.3 Å². The molecule has 40 heavy (non-hydrogen) atoms. The predicted octanol–water partition coefficient (Wildman–Crippen LogP) is 5.58. The minimum absolute atomic E-state index is 0.0717. The van der Waals surface area contributed by atoms with Crippen molar-refractivity contribution >= 4 is 40.6 Å². The van der Waals surface area contributed by atoms with Crippen molar-refractivity contribution in [2.75, 3.05) is 17.7 Å². The largest absolute Gasteiger partial charge is 0.494 e. The number of nitrogens with one attached hydrogen (secondary N) is 1. The quantitative estimate of drug-likeness (QED) is 0.203. The summed E-state index contributed by atoms with van der Waals surface area (Å²) in [7, 11) is 0. The highest BCUT2D eigenvalue weighted by molar-refractivity contribution is 6.31. The summed E-state index contributed by atoms with van der Waals surface area (Å²) in [5.74, 6) is -2.16. The number of carbonyl (C=O) groups is 4. The number of rotatable bonds is 6. The molecule has 0 atom stereocenters. The highest BCUT2D eigenvalue weighted by Crippen LogP contribution is 2.36. The summed E-state index contributed by atoms with van der Waals surface area (Å²) >= 11 is 0. The lowest BCUT2D eigenvalue weighted by Gasteiger charge is -2.22. The van der Waals surface area contributed by atoms with Crippen LogP contribution >= 0.6 is 0 Å². The maximum Gasteiger partial charge on any atom is 0.337 e. The molecule has 5 N–H and O–H groups in total. The second-order valence-electron chi connectivity index (χ2n) is 8.88. The number of aromatic carboxylic acids is 2. The van der Waals surface area contributed by atoms with Gasteiger partial charge in [-0.25, -0.2) is 9.59 Å². The van der Waals surface area contributed by atoms with Crippen molar-refractivity contribution in [2.24, 2.45) is 0 Å². The Morgan fingerprint density at radius 1 is 0.825 bits per heavy atom. The number of nitrogen functional groups attached to an aromatic ring is 1. The number of hydrogen-bond acceptors (Lipinski definition) is 7. The van der Waals surface area contributed by atoms with Crippen LogP contribution in [-0.4, -0.2) is 40.3 Å². The molecule has 0 bridgehead atoms. The molecule has 202 valence electrons. The number of nitrogens with two attached hydrogens (primary N) is 1. The lowest BCUT2D eigenvalue weighted by Crippen LogP contribution is -2.23. The van der Waals surface area contributed by atoms with E-state index in [1.807, 2.05) is 13.8 Å². The van der Waals surface area contributed by atoms with Crippen molar-refractivity contribution in [1.29, 1.82) is 0 Å². The molecule has 9 heteroatoms. The first-order valence-electron chi connectivity index (χ1n) is 12.3. The van der Waals surface area contributed by atoms with E-state index in [2.05, 4.69) is 5.32 Å². The van der Waals surface area contributed by atoms with Crippen molar-refractivity contribution in [1.82, 2.24) is 0 Å². The standard InChI is InChI=1S/C23H17NO5.C8H9NO2/c1-2-29-14-9-7-13(8-10-14)24-20-18(23(27)28)12-11-17-19(20)22(26)16-6-4-3-5-15(16)21(17)25;1-5-2-3-6(8(10)11)4-7(5)9/h3-12,24H,2H2,1H3,(H,27,28);2-4H,9H2,1H3,(H,10,11). The summed E-state index contributed by atoms with van der Waals surface area (Å²) in [4.78, 5) is 48.3. The first kappa shape index (κ1) is 27.6. The average molecular weight is 539 g/mol. The van der Waals surface area contributed by atoms with Gasteiger partial charge >= 0.3 is 11.9 Å². The summed E-state index contributed by atoms with van der Waals surface area (Å²) in [6, 6.07) is 20.9. The number of benzene rings is 4. The van der Waals surface area contributed by atoms with Crippen LogP contribution in [0, 0.1) is 6.92 Å². The highest BCUT2D eigenvalue weighted by Gasteiger charge is 2.33. The average Bonchev–Trinajstić information content (AvgIpc) is 2.94. The van der Waals surface area contributed by atoms with E-state index >= 15 is 0 Å². The molecule has 5 rings (SSSR count). The molecule has 1 aliphatic rings. The molecule has 0 aromatic heterocycles. The third-order valence-electron chi connectivity index (χ3n) is 6.28. The first-order chi connectivity index (χ1) is 19.1. The maximum absolute atomic E-state index is 13.2. The molecule has 0 aliphatic heterocycles. The van der Waals surface area contributed by atoms with Crippen LogP contribution in [0.5, 0.6) is 5.75 Å². The van der Waals surface area contributed by atoms with Crippen LogP contribution < -0.4 is 15.8 Å². The van der Waals surface area contributed by atoms with Gasteiger partial charge in [-0.3, -0.25) is 9.59 Å². The van der Waals surface area contributed by atoms with Crippen LogP contribution in [0.4, 0.5) is 17.1 Å². The van der Waals surface area contributed by atoms with E-state index in [4.69, 9.17) is 15.6 Å². The molecular weight excluding hydrogens is 512 g/mol. The van der Waals surface area contributed by atoms with Gasteiger partial charge in [0.2, 0.25) is 0 Å². The Labute approximate surface area is 229 Å². The molecule has 0 saturated heterocycles. The zero-order chi connectivity index (χ0) is 29.0. The predicted molar refractivity (Wildman–Crippen MR) is 150 cm³/mol. The van der Waals surface area contributed by atoms with Crippen molar-refractivity contribution < 1.29 is 34.1 Å². The minimum Gasteiger partial charge on any atom is -0.494 e. The van der Waals surface area contributed by atoms with Crippen molar-refractivity contribution in [3.8, 4) is 5.75 Å². The fraction of sp³-hybridized carbons (Fsp3) is 0.0968. The molecule has 1 aliphatic carbocycles. The minimum atomic E-state index is -1.19. The van der Waals surface area contributed by atoms with Gasteiger partial charge in [-0.15, -0.1) is 0 Å². The summed E-state index contributed by atoms with van der Waals surface area (Å²) in [6.45, 7) is 4.24. The van der Waals surface area contributed by atoms with Gasteiger partial charge in [0.1, 0.15) is 5.75 Å². The number of hydrogen-bond donors (Lipinski definition) is 4. The zero-order valence-corrected chi connectivity index (χ0v) is 21.7. The SMILES string of the molecule is CCOc1ccc(Nc2c(C(=O)O)ccc3c2C(=O)c2ccccc2C3=O)cc1.Cc1ccc(C(=O)O)cc1N. The fourth-order valence-electron chi connectivity index (χ4n) is 4.21. The van der Waals surface area contributed by atoms with Gasteiger partial charge in [0, 0.05) is 28.1 Å². The number of carboxylic acids is 2. The molecule has 4 aromatic carbocycles. The van der Waals surface area contributed by atoms with Crippen LogP contribution in [0.3, 0.4) is 0 Å². The normalized spacial score (nSPS) is 11.4. The molecule has 0 unspecified atom stereocenters. The Bertz CT molecular complexity index is 1640. The van der Waals surface area contributed by atoms with Crippen LogP contribution in [0.15, 0.2) is 78.9 Å². The molecule has 0 spiro atoms. The Hall–Kier alpha value is -5.44. The summed E-state index contributed by atoms with van der Waals surface area (Å²) in [5.41, 5.74) is 8.58. The summed E-state index contributed by atoms with van der Waals surface area (Å²) in [5, 5.41) is 21.2. The number of ketones is 2. The van der Waals surface area contributed by atoms with E-state index in [-0.39, 0.29) is 45.1 Å². The van der Waals surface area contributed by atoms with Crippen LogP contribution in [0.1, 0.15) is 65.0 Å². The summed E-state index contributed by atoms with van der Waals surface area (Å²) < 4.78 is 5.41. The molecule has 0 amide bonds. The van der Waals surface area contributed by atoms with E-state index in [9.17, 15) is 24.3 Å². The number of ether oxygens (including phenoxy) is 1. The third kappa shape index (κ3) is 5.53. The molecule has 0 fully saturated rings. The molecule has 0 heterocycles. The number of aryl methyl sites for hydroxylation is 1. The molecular formula is C31H26N2O7. The van der Waals surface area contributed by atoms with E-state index in [0.717, 1.165) is 5.56 Å². The number of carbonyl (C=O) groups excluding carboxylic acids is 2. The molecule has 0 radical (unpaired) electrons. The number of anilines is 3. The Kier molecular flexibility index (Phi) is 7.95. The van der Waals surface area contributed by atoms with Crippen molar-refractivity contribution in [2.45, 2.75) is 13.8 Å². The number of fused-ring (bicyclic) bond motifs is 2. The lowest BCUT2D eigenvalue weighted by molar-refractivity contribution is 0.0686. The van der Waals surface area contributed by atoms with E-state index in [1.165, 1.54) is 24.3 Å². The van der Waals surface area contributed by atoms with Gasteiger partial charge in [-0.1, -0.05) is 30.3 Å². The molecule has 4 aromatic rings. The maximum atomic E-state index is 13.2. The van der Waals surface area contributed by atoms with Gasteiger partial charge in [-0.05, 0) is 67.9 Å². The first-order valence-corrected chi connectivity index (χ1v) is 12.3. The van der Waals surface area contributed by atoms with Crippen LogP contribution in [-0.2, 0) is 0 Å². The van der Waals surface area contributed by atoms with Gasteiger partial charge in [-0.2, -0.15) is 0 Å². The van der Waals surface area contributed by atoms with Crippen LogP contribution in [0.2, 0.25) is 0 Å². The molecule has 9 nitrogen and oxygen atoms in total. The smallest absolute Gasteiger partial charge is 0.337 e. The van der Waals surface area contributed by atoms with Gasteiger partial charge < -0.3 is 26.0 Å². The van der Waals surface area contributed by atoms with E-state index < -0.39 is 11.9 Å². The van der Waals surface area contributed by atoms with Crippen LogP contribution in [0.25, 0.3) is 0 Å². The fourth-order valence-corrected chi connectivity index (χ4v) is 4.21. The Morgan fingerprint density at radius 3 is 2.05 bits per heavy atom. The van der Waals surface area contributed by atoms with Gasteiger partial charge in [0.25, 0.3) is 0 Å². The van der Waals surface area contributed by atoms with Crippen molar-refractivity contribution in [3.63, 3.8) is 0 Å². The second kappa shape index (κ2) is 11.5. The van der Waals surface area contributed by atoms with Gasteiger partial charge in [0.05, 0.1) is 29.0 Å². The second-order valence-corrected chi connectivity index (χ2v) is 8.88.